The molecule has 0 amide bonds. The van der Waals surface area contributed by atoms with Crippen molar-refractivity contribution in [3.63, 3.8) is 0 Å². The summed E-state index contributed by atoms with van der Waals surface area (Å²) in [5.74, 6) is -3.32. The molecule has 0 aliphatic heterocycles. The van der Waals surface area contributed by atoms with Crippen LogP contribution in [0, 0.1) is 11.8 Å². The Hall–Kier alpha value is -3.02. The van der Waals surface area contributed by atoms with Gasteiger partial charge in [0, 0.05) is 11.8 Å². The van der Waals surface area contributed by atoms with Crippen LogP contribution in [0.3, 0.4) is 0 Å². The highest BCUT2D eigenvalue weighted by Gasteiger charge is 2.58. The number of benzene rings is 2. The summed E-state index contributed by atoms with van der Waals surface area (Å²) >= 11 is 0. The van der Waals surface area contributed by atoms with Crippen molar-refractivity contribution in [1.29, 1.82) is 0 Å². The van der Waals surface area contributed by atoms with E-state index in [1.807, 2.05) is 48.5 Å². The van der Waals surface area contributed by atoms with Gasteiger partial charge in [-0.2, -0.15) is 0 Å². The average molecular weight is 553 g/mol. The molecule has 0 heterocycles. The first-order valence-corrected chi connectivity index (χ1v) is 15.4. The fraction of sp³-hybridized carbons (Fsp3) is 0.588. The van der Waals surface area contributed by atoms with Crippen molar-refractivity contribution < 1.29 is 29.3 Å². The first-order chi connectivity index (χ1) is 19.5. The lowest BCUT2D eigenvalue weighted by Crippen LogP contribution is -2.50. The molecule has 0 unspecified atom stereocenters. The van der Waals surface area contributed by atoms with Crippen molar-refractivity contribution >= 4 is 11.9 Å². The van der Waals surface area contributed by atoms with E-state index in [9.17, 15) is 19.8 Å². The van der Waals surface area contributed by atoms with Crippen LogP contribution in [-0.4, -0.2) is 35.4 Å². The van der Waals surface area contributed by atoms with Crippen molar-refractivity contribution in [3.8, 4) is 11.5 Å². The normalized spacial score (nSPS) is 20.1. The number of carbonyl (C=O) groups is 2. The number of ether oxygens (including phenoxy) is 2. The van der Waals surface area contributed by atoms with Crippen LogP contribution in [0.15, 0.2) is 48.5 Å². The van der Waals surface area contributed by atoms with Crippen LogP contribution in [0.4, 0.5) is 0 Å². The third-order valence-electron chi connectivity index (χ3n) is 8.18. The first-order valence-electron chi connectivity index (χ1n) is 15.4. The molecule has 3 rings (SSSR count). The number of carboxylic acids is 2. The van der Waals surface area contributed by atoms with Gasteiger partial charge in [-0.1, -0.05) is 102 Å². The minimum absolute atomic E-state index is 0.601. The zero-order valence-electron chi connectivity index (χ0n) is 24.4. The summed E-state index contributed by atoms with van der Waals surface area (Å²) in [4.78, 5) is 24.7. The molecule has 0 atom stereocenters. The predicted octanol–water partition coefficient (Wildman–Crippen LogP) is 8.45. The number of rotatable bonds is 20. The molecule has 1 aliphatic carbocycles. The molecular weight excluding hydrogens is 504 g/mol. The Kier molecular flexibility index (Phi) is 13.3. The molecule has 2 aromatic carbocycles. The molecule has 40 heavy (non-hydrogen) atoms. The Morgan fingerprint density at radius 1 is 0.550 bits per heavy atom. The Bertz CT molecular complexity index is 924. The van der Waals surface area contributed by atoms with Crippen LogP contribution in [0.2, 0.25) is 0 Å². The fourth-order valence-electron chi connectivity index (χ4n) is 5.91. The quantitative estimate of drug-likeness (QED) is 0.160. The van der Waals surface area contributed by atoms with E-state index in [0.29, 0.717) is 13.2 Å². The number of carboxylic acid groups (broad SMARTS) is 2. The largest absolute Gasteiger partial charge is 0.494 e. The summed E-state index contributed by atoms with van der Waals surface area (Å²) in [5.41, 5.74) is 1.45. The molecular formula is C34H48O6. The van der Waals surface area contributed by atoms with E-state index >= 15 is 0 Å². The van der Waals surface area contributed by atoms with Crippen molar-refractivity contribution in [2.45, 2.75) is 103 Å². The molecule has 0 bridgehead atoms. The third-order valence-corrected chi connectivity index (χ3v) is 8.18. The Morgan fingerprint density at radius 2 is 0.875 bits per heavy atom. The minimum atomic E-state index is -0.973. The van der Waals surface area contributed by atoms with Crippen molar-refractivity contribution in [2.24, 2.45) is 11.8 Å². The molecule has 1 saturated carbocycles. The molecule has 0 spiro atoms. The molecule has 6 heteroatoms. The van der Waals surface area contributed by atoms with Gasteiger partial charge < -0.3 is 19.7 Å². The van der Waals surface area contributed by atoms with Crippen LogP contribution in [0.1, 0.15) is 114 Å². The van der Waals surface area contributed by atoms with E-state index in [1.165, 1.54) is 51.4 Å². The molecule has 2 aromatic rings. The molecule has 6 nitrogen and oxygen atoms in total. The van der Waals surface area contributed by atoms with E-state index in [4.69, 9.17) is 9.47 Å². The number of aliphatic carboxylic acids is 2. The van der Waals surface area contributed by atoms with Gasteiger partial charge in [-0.25, -0.2) is 0 Å². The molecule has 0 aromatic heterocycles. The van der Waals surface area contributed by atoms with Crippen molar-refractivity contribution in [3.05, 3.63) is 59.7 Å². The van der Waals surface area contributed by atoms with Gasteiger partial charge in [-0.3, -0.25) is 9.59 Å². The maximum Gasteiger partial charge on any atom is 0.307 e. The van der Waals surface area contributed by atoms with Crippen LogP contribution in [-0.2, 0) is 9.59 Å². The number of hydrogen-bond acceptors (Lipinski definition) is 4. The molecule has 0 radical (unpaired) electrons. The molecule has 0 saturated heterocycles. The van der Waals surface area contributed by atoms with E-state index in [1.54, 1.807) is 0 Å². The highest BCUT2D eigenvalue weighted by Crippen LogP contribution is 2.57. The SMILES string of the molecule is CCCCCCCCOc1ccc([C@H]2[C@H](C(=O)O)[C@H](c3ccc(OCCCCCCCC)cc3)[C@H]2C(=O)O)cc1. The summed E-state index contributed by atoms with van der Waals surface area (Å²) < 4.78 is 11.7. The zero-order valence-corrected chi connectivity index (χ0v) is 24.4. The van der Waals surface area contributed by atoms with Crippen LogP contribution < -0.4 is 9.47 Å². The van der Waals surface area contributed by atoms with Gasteiger partial charge in [0.1, 0.15) is 11.5 Å². The predicted molar refractivity (Wildman–Crippen MR) is 158 cm³/mol. The van der Waals surface area contributed by atoms with Crippen molar-refractivity contribution in [1.82, 2.24) is 0 Å². The average Bonchev–Trinajstić information content (AvgIpc) is 2.92. The maximum atomic E-state index is 12.3. The topological polar surface area (TPSA) is 93.1 Å². The molecule has 220 valence electrons. The number of unbranched alkanes of at least 4 members (excludes halogenated alkanes) is 10. The summed E-state index contributed by atoms with van der Waals surface area (Å²) in [5, 5.41) is 20.2. The summed E-state index contributed by atoms with van der Waals surface area (Å²) in [7, 11) is 0. The van der Waals surface area contributed by atoms with Gasteiger partial charge in [0.05, 0.1) is 25.0 Å². The third kappa shape index (κ3) is 9.00. The molecule has 1 fully saturated rings. The Morgan fingerprint density at radius 3 is 1.20 bits per heavy atom. The van der Waals surface area contributed by atoms with Gasteiger partial charge >= 0.3 is 11.9 Å². The highest BCUT2D eigenvalue weighted by molar-refractivity contribution is 5.83. The van der Waals surface area contributed by atoms with E-state index < -0.39 is 35.6 Å². The smallest absolute Gasteiger partial charge is 0.307 e. The second-order valence-electron chi connectivity index (χ2n) is 11.2. The van der Waals surface area contributed by atoms with E-state index in [2.05, 4.69) is 13.8 Å². The zero-order chi connectivity index (χ0) is 28.7. The second kappa shape index (κ2) is 16.9. The molecule has 1 aliphatic rings. The van der Waals surface area contributed by atoms with Gasteiger partial charge in [0.2, 0.25) is 0 Å². The summed E-state index contributed by atoms with van der Waals surface area (Å²) in [6.45, 7) is 5.70. The Balaban J connectivity index is 1.57. The minimum Gasteiger partial charge on any atom is -0.494 e. The lowest BCUT2D eigenvalue weighted by molar-refractivity contribution is -0.159. The second-order valence-corrected chi connectivity index (χ2v) is 11.2. The van der Waals surface area contributed by atoms with Crippen LogP contribution in [0.5, 0.6) is 11.5 Å². The van der Waals surface area contributed by atoms with Crippen molar-refractivity contribution in [2.75, 3.05) is 13.2 Å². The first kappa shape index (κ1) is 31.5. The Labute approximate surface area is 240 Å². The monoisotopic (exact) mass is 552 g/mol. The van der Waals surface area contributed by atoms with Gasteiger partial charge in [-0.05, 0) is 48.2 Å². The van der Waals surface area contributed by atoms with Crippen LogP contribution in [0.25, 0.3) is 0 Å². The van der Waals surface area contributed by atoms with Gasteiger partial charge in [0.15, 0.2) is 0 Å². The van der Waals surface area contributed by atoms with Crippen LogP contribution >= 0.6 is 0 Å². The van der Waals surface area contributed by atoms with E-state index in [0.717, 1.165) is 48.3 Å². The fourth-order valence-corrected chi connectivity index (χ4v) is 5.91. The summed E-state index contributed by atoms with van der Waals surface area (Å²) in [6, 6.07) is 14.6. The highest BCUT2D eigenvalue weighted by atomic mass is 16.5. The summed E-state index contributed by atoms with van der Waals surface area (Å²) in [6.07, 6.45) is 14.3. The van der Waals surface area contributed by atoms with E-state index in [-0.39, 0.29) is 0 Å². The number of hydrogen-bond donors (Lipinski definition) is 2. The maximum absolute atomic E-state index is 12.3. The standard InChI is InChI=1S/C34H48O6/c1-3-5-7-9-11-13-23-39-27-19-15-25(16-20-27)29-31(33(35)36)30(32(29)34(37)38)26-17-21-28(22-18-26)40-24-14-12-10-8-6-4-2/h15-22,29-32H,3-14,23-24H2,1-2H3,(H,35,36)(H,37,38)/t29-,30-,31-,32-. The van der Waals surface area contributed by atoms with Gasteiger partial charge in [0.25, 0.3) is 0 Å². The lowest BCUT2D eigenvalue weighted by Gasteiger charge is -2.48. The van der Waals surface area contributed by atoms with Gasteiger partial charge in [-0.15, -0.1) is 0 Å². The molecule has 2 N–H and O–H groups in total. The lowest BCUT2D eigenvalue weighted by atomic mass is 9.52.